The molecule has 4 heteroatoms. The van der Waals surface area contributed by atoms with Crippen LogP contribution in [0.15, 0.2) is 30.5 Å². The van der Waals surface area contributed by atoms with E-state index in [1.165, 1.54) is 0 Å². The van der Waals surface area contributed by atoms with Crippen molar-refractivity contribution in [2.45, 2.75) is 25.9 Å². The fraction of sp³-hybridized carbons (Fsp3) is 0.438. The normalized spacial score (nSPS) is 22.2. The third-order valence-corrected chi connectivity index (χ3v) is 4.11. The van der Waals surface area contributed by atoms with Gasteiger partial charge in [-0.1, -0.05) is 25.1 Å². The van der Waals surface area contributed by atoms with Gasteiger partial charge >= 0.3 is 0 Å². The van der Waals surface area contributed by atoms with Gasteiger partial charge in [-0.2, -0.15) is 0 Å². The van der Waals surface area contributed by atoms with Crippen LogP contribution < -0.4 is 5.32 Å². The van der Waals surface area contributed by atoms with E-state index in [0.717, 1.165) is 30.4 Å². The minimum Gasteiger partial charge on any atom is -0.378 e. The molecule has 2 N–H and O–H groups in total. The Balaban J connectivity index is 1.67. The van der Waals surface area contributed by atoms with Crippen molar-refractivity contribution in [1.82, 2.24) is 10.3 Å². The maximum atomic E-state index is 12.3. The minimum absolute atomic E-state index is 0.01000. The molecule has 106 valence electrons. The van der Waals surface area contributed by atoms with Gasteiger partial charge in [0.2, 0.25) is 0 Å². The Bertz CT molecular complexity index is 605. The number of amides is 1. The zero-order valence-corrected chi connectivity index (χ0v) is 11.7. The van der Waals surface area contributed by atoms with E-state index in [0.29, 0.717) is 24.1 Å². The molecule has 1 saturated heterocycles. The van der Waals surface area contributed by atoms with Gasteiger partial charge in [-0.3, -0.25) is 4.79 Å². The van der Waals surface area contributed by atoms with Crippen molar-refractivity contribution in [3.05, 3.63) is 36.0 Å². The molecule has 4 nitrogen and oxygen atoms in total. The van der Waals surface area contributed by atoms with Gasteiger partial charge in [-0.05, 0) is 18.9 Å². The molecule has 1 amide bonds. The smallest absolute Gasteiger partial charge is 0.253 e. The van der Waals surface area contributed by atoms with E-state index in [-0.39, 0.29) is 5.91 Å². The molecule has 1 aromatic carbocycles. The Morgan fingerprint density at radius 1 is 1.45 bits per heavy atom. The molecule has 0 spiro atoms. The number of aromatic amines is 1. The molecule has 1 aliphatic rings. The highest BCUT2D eigenvalue weighted by molar-refractivity contribution is 6.06. The SMILES string of the molecule is CCC1OCCC1CNC(=O)c1c[nH]c2ccccc12. The molecule has 0 radical (unpaired) electrons. The molecular weight excluding hydrogens is 252 g/mol. The Morgan fingerprint density at radius 3 is 3.15 bits per heavy atom. The van der Waals surface area contributed by atoms with E-state index in [2.05, 4.69) is 17.2 Å². The first-order chi connectivity index (χ1) is 9.79. The molecule has 2 atom stereocenters. The Kier molecular flexibility index (Phi) is 3.74. The molecule has 1 aliphatic heterocycles. The first kappa shape index (κ1) is 13.2. The highest BCUT2D eigenvalue weighted by atomic mass is 16.5. The third-order valence-electron chi connectivity index (χ3n) is 4.11. The summed E-state index contributed by atoms with van der Waals surface area (Å²) in [5, 5.41) is 4.02. The van der Waals surface area contributed by atoms with E-state index < -0.39 is 0 Å². The number of nitrogens with one attached hydrogen (secondary N) is 2. The number of ether oxygens (including phenoxy) is 1. The number of fused-ring (bicyclic) bond motifs is 1. The van der Waals surface area contributed by atoms with Crippen LogP contribution in [-0.2, 0) is 4.74 Å². The van der Waals surface area contributed by atoms with Crippen LogP contribution >= 0.6 is 0 Å². The fourth-order valence-electron chi connectivity index (χ4n) is 2.96. The van der Waals surface area contributed by atoms with Gasteiger partial charge in [0.1, 0.15) is 0 Å². The standard InChI is InChI=1S/C16H20N2O2/c1-2-15-11(7-8-20-15)9-18-16(19)13-10-17-14-6-4-3-5-12(13)14/h3-6,10-11,15,17H,2,7-9H2,1H3,(H,18,19). The lowest BCUT2D eigenvalue weighted by molar-refractivity contribution is 0.0827. The number of para-hydroxylation sites is 1. The minimum atomic E-state index is -0.01000. The average molecular weight is 272 g/mol. The van der Waals surface area contributed by atoms with Gasteiger partial charge in [-0.25, -0.2) is 0 Å². The number of benzene rings is 1. The number of hydrogen-bond donors (Lipinski definition) is 2. The first-order valence-electron chi connectivity index (χ1n) is 7.25. The molecule has 2 heterocycles. The van der Waals surface area contributed by atoms with E-state index in [1.807, 2.05) is 24.3 Å². The molecule has 2 aromatic rings. The lowest BCUT2D eigenvalue weighted by Gasteiger charge is -2.17. The number of rotatable bonds is 4. The quantitative estimate of drug-likeness (QED) is 0.899. The molecular formula is C16H20N2O2. The van der Waals surface area contributed by atoms with Gasteiger partial charge in [0.05, 0.1) is 11.7 Å². The Hall–Kier alpha value is -1.81. The molecule has 1 fully saturated rings. The van der Waals surface area contributed by atoms with Crippen LogP contribution in [0.1, 0.15) is 30.1 Å². The Morgan fingerprint density at radius 2 is 2.30 bits per heavy atom. The average Bonchev–Trinajstić information content (AvgIpc) is 3.11. The number of carbonyl (C=O) groups is 1. The number of aromatic nitrogens is 1. The summed E-state index contributed by atoms with van der Waals surface area (Å²) in [5.41, 5.74) is 1.71. The van der Waals surface area contributed by atoms with Crippen LogP contribution in [0.2, 0.25) is 0 Å². The lowest BCUT2D eigenvalue weighted by Crippen LogP contribution is -2.32. The number of H-pyrrole nitrogens is 1. The topological polar surface area (TPSA) is 54.1 Å². The largest absolute Gasteiger partial charge is 0.378 e. The van der Waals surface area contributed by atoms with Crippen LogP contribution in [0.4, 0.5) is 0 Å². The number of hydrogen-bond acceptors (Lipinski definition) is 2. The van der Waals surface area contributed by atoms with Crippen LogP contribution in [0.5, 0.6) is 0 Å². The molecule has 3 rings (SSSR count). The predicted octanol–water partition coefficient (Wildman–Crippen LogP) is 2.71. The van der Waals surface area contributed by atoms with Gasteiger partial charge in [0.15, 0.2) is 0 Å². The second kappa shape index (κ2) is 5.67. The van der Waals surface area contributed by atoms with Crippen LogP contribution in [-0.4, -0.2) is 30.1 Å². The fourth-order valence-corrected chi connectivity index (χ4v) is 2.96. The molecule has 20 heavy (non-hydrogen) atoms. The summed E-state index contributed by atoms with van der Waals surface area (Å²) in [6.07, 6.45) is 4.11. The van der Waals surface area contributed by atoms with Crippen LogP contribution in [0.3, 0.4) is 0 Å². The van der Waals surface area contributed by atoms with Crippen molar-refractivity contribution in [3.8, 4) is 0 Å². The summed E-state index contributed by atoms with van der Waals surface area (Å²) in [7, 11) is 0. The monoisotopic (exact) mass is 272 g/mol. The van der Waals surface area contributed by atoms with Crippen LogP contribution in [0.25, 0.3) is 10.9 Å². The van der Waals surface area contributed by atoms with Gasteiger partial charge in [0.25, 0.3) is 5.91 Å². The first-order valence-corrected chi connectivity index (χ1v) is 7.25. The van der Waals surface area contributed by atoms with Crippen molar-refractivity contribution in [2.24, 2.45) is 5.92 Å². The summed E-state index contributed by atoms with van der Waals surface area (Å²) < 4.78 is 5.65. The summed E-state index contributed by atoms with van der Waals surface area (Å²) in [6, 6.07) is 7.85. The van der Waals surface area contributed by atoms with Crippen molar-refractivity contribution >= 4 is 16.8 Å². The predicted molar refractivity (Wildman–Crippen MR) is 78.8 cm³/mol. The molecule has 0 bridgehead atoms. The summed E-state index contributed by atoms with van der Waals surface area (Å²) >= 11 is 0. The van der Waals surface area contributed by atoms with Crippen molar-refractivity contribution in [3.63, 3.8) is 0 Å². The lowest BCUT2D eigenvalue weighted by atomic mass is 9.99. The van der Waals surface area contributed by atoms with Crippen LogP contribution in [0, 0.1) is 5.92 Å². The van der Waals surface area contributed by atoms with Crippen molar-refractivity contribution in [1.29, 1.82) is 0 Å². The third kappa shape index (κ3) is 2.43. The second-order valence-electron chi connectivity index (χ2n) is 5.32. The summed E-state index contributed by atoms with van der Waals surface area (Å²) in [6.45, 7) is 3.63. The van der Waals surface area contributed by atoms with E-state index in [4.69, 9.17) is 4.74 Å². The summed E-state index contributed by atoms with van der Waals surface area (Å²) in [4.78, 5) is 15.4. The second-order valence-corrected chi connectivity index (χ2v) is 5.32. The van der Waals surface area contributed by atoms with E-state index >= 15 is 0 Å². The van der Waals surface area contributed by atoms with Gasteiger partial charge in [0, 0.05) is 36.2 Å². The number of carbonyl (C=O) groups excluding carboxylic acids is 1. The summed E-state index contributed by atoms with van der Waals surface area (Å²) in [5.74, 6) is 0.429. The molecule has 2 unspecified atom stereocenters. The van der Waals surface area contributed by atoms with E-state index in [9.17, 15) is 4.79 Å². The Labute approximate surface area is 118 Å². The zero-order chi connectivity index (χ0) is 13.9. The van der Waals surface area contributed by atoms with E-state index in [1.54, 1.807) is 6.20 Å². The highest BCUT2D eigenvalue weighted by Crippen LogP contribution is 2.23. The van der Waals surface area contributed by atoms with Crippen molar-refractivity contribution in [2.75, 3.05) is 13.2 Å². The molecule has 0 saturated carbocycles. The molecule has 0 aliphatic carbocycles. The highest BCUT2D eigenvalue weighted by Gasteiger charge is 2.27. The van der Waals surface area contributed by atoms with Crippen molar-refractivity contribution < 1.29 is 9.53 Å². The maximum absolute atomic E-state index is 12.3. The van der Waals surface area contributed by atoms with Gasteiger partial charge < -0.3 is 15.0 Å². The zero-order valence-electron chi connectivity index (χ0n) is 11.7. The van der Waals surface area contributed by atoms with Gasteiger partial charge in [-0.15, -0.1) is 0 Å². The molecule has 1 aromatic heterocycles. The maximum Gasteiger partial charge on any atom is 0.253 e.